The fraction of sp³-hybridized carbons (Fsp3) is 0.944. The van der Waals surface area contributed by atoms with Gasteiger partial charge in [-0.1, -0.05) is 20.8 Å². The molecule has 0 radical (unpaired) electrons. The van der Waals surface area contributed by atoms with Crippen LogP contribution in [-0.2, 0) is 9.53 Å². The monoisotopic (exact) mass is 347 g/mol. The van der Waals surface area contributed by atoms with E-state index in [0.717, 1.165) is 12.8 Å². The molecule has 3 rings (SSSR count). The number of hydrogen-bond acceptors (Lipinski definition) is 3. The fourth-order valence-corrected chi connectivity index (χ4v) is 5.13. The summed E-state index contributed by atoms with van der Waals surface area (Å²) in [5, 5.41) is 0. The van der Waals surface area contributed by atoms with Crippen molar-refractivity contribution in [3.8, 4) is 0 Å². The van der Waals surface area contributed by atoms with Gasteiger partial charge in [-0.3, -0.25) is 9.69 Å². The van der Waals surface area contributed by atoms with Crippen LogP contribution in [0.1, 0.15) is 52.9 Å². The number of carbonyl (C=O) groups is 1. The van der Waals surface area contributed by atoms with Crippen molar-refractivity contribution >= 4 is 5.97 Å². The number of likely N-dealkylation sites (tertiary alicyclic amines) is 1. The maximum absolute atomic E-state index is 12.5. The highest BCUT2D eigenvalue weighted by atomic mass is 19.4. The van der Waals surface area contributed by atoms with Crippen molar-refractivity contribution in [1.82, 2.24) is 4.90 Å². The molecule has 3 nitrogen and oxygen atoms in total. The largest absolute Gasteiger partial charge is 0.462 e. The van der Waals surface area contributed by atoms with Crippen LogP contribution in [0.15, 0.2) is 0 Å². The molecule has 3 fully saturated rings. The summed E-state index contributed by atoms with van der Waals surface area (Å²) >= 11 is 0. The van der Waals surface area contributed by atoms with Crippen LogP contribution in [0.2, 0.25) is 0 Å². The molecule has 2 aliphatic carbocycles. The molecule has 0 spiro atoms. The normalized spacial score (nSPS) is 36.9. The zero-order valence-electron chi connectivity index (χ0n) is 14.8. The van der Waals surface area contributed by atoms with Crippen LogP contribution >= 0.6 is 0 Å². The number of halogens is 3. The highest BCUT2D eigenvalue weighted by molar-refractivity contribution is 5.73. The fourth-order valence-electron chi connectivity index (χ4n) is 5.13. The van der Waals surface area contributed by atoms with Crippen molar-refractivity contribution in [2.24, 2.45) is 22.7 Å². The van der Waals surface area contributed by atoms with Crippen LogP contribution in [0.4, 0.5) is 13.2 Å². The van der Waals surface area contributed by atoms with Crippen molar-refractivity contribution in [3.63, 3.8) is 0 Å². The first-order chi connectivity index (χ1) is 11.0. The number of nitrogens with zero attached hydrogens (tertiary/aromatic N) is 1. The SMILES string of the molecule is CC1(C)[C@H]2CC[C@@]1(C)[C@@H](OC(=O)C1CCN(CC(F)(F)F)CC1)C2. The van der Waals surface area contributed by atoms with Gasteiger partial charge in [-0.15, -0.1) is 0 Å². The van der Waals surface area contributed by atoms with Crippen molar-refractivity contribution in [1.29, 1.82) is 0 Å². The second-order valence-corrected chi connectivity index (χ2v) is 8.70. The number of carbonyl (C=O) groups excluding carboxylic acids is 1. The third-order valence-electron chi connectivity index (χ3n) is 7.30. The van der Waals surface area contributed by atoms with Crippen LogP contribution in [-0.4, -0.2) is 42.8 Å². The molecule has 3 atom stereocenters. The molecule has 0 aromatic heterocycles. The molecule has 1 aliphatic heterocycles. The maximum Gasteiger partial charge on any atom is 0.401 e. The van der Waals surface area contributed by atoms with Gasteiger partial charge in [0.15, 0.2) is 0 Å². The minimum Gasteiger partial charge on any atom is -0.462 e. The molecular weight excluding hydrogens is 319 g/mol. The molecule has 24 heavy (non-hydrogen) atoms. The quantitative estimate of drug-likeness (QED) is 0.722. The number of esters is 1. The van der Waals surface area contributed by atoms with Gasteiger partial charge in [-0.2, -0.15) is 13.2 Å². The molecule has 138 valence electrons. The lowest BCUT2D eigenvalue weighted by Gasteiger charge is -2.39. The summed E-state index contributed by atoms with van der Waals surface area (Å²) in [6.45, 7) is 6.52. The third kappa shape index (κ3) is 3.06. The summed E-state index contributed by atoms with van der Waals surface area (Å²) in [5.74, 6) is 0.158. The summed E-state index contributed by atoms with van der Waals surface area (Å²) in [4.78, 5) is 13.9. The predicted molar refractivity (Wildman–Crippen MR) is 84.3 cm³/mol. The van der Waals surface area contributed by atoms with E-state index in [-0.39, 0.29) is 28.8 Å². The lowest BCUT2D eigenvalue weighted by atomic mass is 9.70. The van der Waals surface area contributed by atoms with E-state index in [1.807, 2.05) is 0 Å². The lowest BCUT2D eigenvalue weighted by Crippen LogP contribution is -2.43. The van der Waals surface area contributed by atoms with Crippen LogP contribution in [0, 0.1) is 22.7 Å². The number of hydrogen-bond donors (Lipinski definition) is 0. The van der Waals surface area contributed by atoms with Gasteiger partial charge in [-0.25, -0.2) is 0 Å². The van der Waals surface area contributed by atoms with Gasteiger partial charge in [-0.05, 0) is 56.5 Å². The van der Waals surface area contributed by atoms with Crippen molar-refractivity contribution < 1.29 is 22.7 Å². The Labute approximate surface area is 141 Å². The second kappa shape index (κ2) is 5.89. The van der Waals surface area contributed by atoms with Gasteiger partial charge >= 0.3 is 12.1 Å². The molecule has 1 saturated heterocycles. The van der Waals surface area contributed by atoms with Crippen molar-refractivity contribution in [2.45, 2.75) is 65.2 Å². The van der Waals surface area contributed by atoms with Gasteiger partial charge in [0.25, 0.3) is 0 Å². The molecule has 3 aliphatic rings. The van der Waals surface area contributed by atoms with Crippen LogP contribution in [0.25, 0.3) is 0 Å². The Morgan fingerprint density at radius 2 is 1.79 bits per heavy atom. The molecule has 2 bridgehead atoms. The van der Waals surface area contributed by atoms with Gasteiger partial charge in [0.1, 0.15) is 6.10 Å². The predicted octanol–water partition coefficient (Wildman–Crippen LogP) is 4.02. The first-order valence-corrected chi connectivity index (χ1v) is 9.02. The standard InChI is InChI=1S/C18H28F3NO2/c1-16(2)13-4-7-17(16,3)14(10-13)24-15(23)12-5-8-22(9-6-12)11-18(19,20)21/h12-14H,4-11H2,1-3H3/t13-,14-,17-/m0/s1. The Morgan fingerprint density at radius 1 is 1.17 bits per heavy atom. The van der Waals surface area contributed by atoms with E-state index in [4.69, 9.17) is 4.74 Å². The Hall–Kier alpha value is -0.780. The first-order valence-electron chi connectivity index (χ1n) is 9.02. The number of piperidine rings is 1. The summed E-state index contributed by atoms with van der Waals surface area (Å²) in [7, 11) is 0. The van der Waals surface area contributed by atoms with E-state index in [0.29, 0.717) is 31.8 Å². The molecule has 1 heterocycles. The minimum atomic E-state index is -4.17. The van der Waals surface area contributed by atoms with E-state index < -0.39 is 12.7 Å². The Kier molecular flexibility index (Phi) is 4.42. The first kappa shape index (κ1) is 18.0. The van der Waals surface area contributed by atoms with Gasteiger partial charge in [0.2, 0.25) is 0 Å². The summed E-state index contributed by atoms with van der Waals surface area (Å²) in [6.07, 6.45) is -0.0540. The van der Waals surface area contributed by atoms with Crippen LogP contribution in [0.3, 0.4) is 0 Å². The number of rotatable bonds is 3. The second-order valence-electron chi connectivity index (χ2n) is 8.70. The smallest absolute Gasteiger partial charge is 0.401 e. The van der Waals surface area contributed by atoms with Gasteiger partial charge in [0, 0.05) is 5.41 Å². The molecule has 0 aromatic carbocycles. The zero-order chi connectivity index (χ0) is 17.8. The molecular formula is C18H28F3NO2. The molecule has 0 unspecified atom stereocenters. The molecule has 0 amide bonds. The Morgan fingerprint density at radius 3 is 2.25 bits per heavy atom. The van der Waals surface area contributed by atoms with Crippen LogP contribution < -0.4 is 0 Å². The van der Waals surface area contributed by atoms with E-state index >= 15 is 0 Å². The number of ether oxygens (including phenoxy) is 1. The number of fused-ring (bicyclic) bond motifs is 2. The Balaban J connectivity index is 1.53. The van der Waals surface area contributed by atoms with Crippen molar-refractivity contribution in [3.05, 3.63) is 0 Å². The highest BCUT2D eigenvalue weighted by Crippen LogP contribution is 2.66. The average molecular weight is 347 g/mol. The minimum absolute atomic E-state index is 0.0321. The topological polar surface area (TPSA) is 29.5 Å². The maximum atomic E-state index is 12.5. The summed E-state index contributed by atoms with van der Waals surface area (Å²) in [6, 6.07) is 0. The number of alkyl halides is 3. The molecule has 0 aromatic rings. The van der Waals surface area contributed by atoms with E-state index in [2.05, 4.69) is 20.8 Å². The van der Waals surface area contributed by atoms with Gasteiger partial charge < -0.3 is 4.74 Å². The van der Waals surface area contributed by atoms with Gasteiger partial charge in [0.05, 0.1) is 12.5 Å². The van der Waals surface area contributed by atoms with E-state index in [1.54, 1.807) is 0 Å². The average Bonchev–Trinajstić information content (AvgIpc) is 2.79. The summed E-state index contributed by atoms with van der Waals surface area (Å²) < 4.78 is 43.2. The van der Waals surface area contributed by atoms with E-state index in [9.17, 15) is 18.0 Å². The van der Waals surface area contributed by atoms with Crippen LogP contribution in [0.5, 0.6) is 0 Å². The van der Waals surface area contributed by atoms with E-state index in [1.165, 1.54) is 11.3 Å². The lowest BCUT2D eigenvalue weighted by molar-refractivity contribution is -0.166. The van der Waals surface area contributed by atoms with Crippen molar-refractivity contribution in [2.75, 3.05) is 19.6 Å². The molecule has 6 heteroatoms. The molecule has 2 saturated carbocycles. The zero-order valence-corrected chi connectivity index (χ0v) is 14.8. The highest BCUT2D eigenvalue weighted by Gasteiger charge is 2.63. The third-order valence-corrected chi connectivity index (χ3v) is 7.30. The molecule has 0 N–H and O–H groups in total. The Bertz CT molecular complexity index is 497. The summed E-state index contributed by atoms with van der Waals surface area (Å²) in [5.41, 5.74) is 0.221.